The van der Waals surface area contributed by atoms with Gasteiger partial charge < -0.3 is 15.4 Å². The number of hydrogen-bond acceptors (Lipinski definition) is 8. The van der Waals surface area contributed by atoms with Gasteiger partial charge in [-0.05, 0) is 61.7 Å². The highest BCUT2D eigenvalue weighted by Crippen LogP contribution is 2.40. The summed E-state index contributed by atoms with van der Waals surface area (Å²) in [7, 11) is -4.94. The molecule has 4 aromatic rings. The molecule has 0 saturated carbocycles. The number of aryl methyl sites for hydroxylation is 1. The zero-order valence-electron chi connectivity index (χ0n) is 22.7. The first-order chi connectivity index (χ1) is 19.9. The number of anilines is 2. The number of piperidine rings is 1. The van der Waals surface area contributed by atoms with E-state index in [2.05, 4.69) is 32.5 Å². The van der Waals surface area contributed by atoms with Crippen LogP contribution in [0.25, 0.3) is 22.0 Å². The molecule has 0 unspecified atom stereocenters. The topological polar surface area (TPSA) is 118 Å². The van der Waals surface area contributed by atoms with Crippen molar-refractivity contribution in [2.45, 2.75) is 32.5 Å². The molecule has 3 N–H and O–H groups in total. The van der Waals surface area contributed by atoms with Gasteiger partial charge in [-0.3, -0.25) is 4.72 Å². The van der Waals surface area contributed by atoms with Crippen molar-refractivity contribution in [3.8, 4) is 22.9 Å². The number of nitrogens with zero attached hydrogens (tertiary/aromatic N) is 3. The Balaban J connectivity index is 1.49. The maximum atomic E-state index is 14.8. The molecule has 1 fully saturated rings. The van der Waals surface area contributed by atoms with Gasteiger partial charge in [0.15, 0.2) is 5.75 Å². The molecule has 0 radical (unpaired) electrons. The van der Waals surface area contributed by atoms with Gasteiger partial charge in [0.25, 0.3) is 0 Å². The molecule has 14 heteroatoms. The number of aromatic nitrogens is 3. The van der Waals surface area contributed by atoms with Crippen molar-refractivity contribution in [1.29, 1.82) is 0 Å². The first-order valence-electron chi connectivity index (χ1n) is 13.1. The summed E-state index contributed by atoms with van der Waals surface area (Å²) in [4.78, 5) is 13.4. The van der Waals surface area contributed by atoms with E-state index in [1.165, 1.54) is 18.3 Å². The SMILES string of the molecule is Cc1ccc2c(NS(=O)(=O)CC(F)(F)F)c(F)ccc2c1Oc1ncccc1-c1ccnc(N[C@@H]2CNC[C@H](C)C2)n1. The summed E-state index contributed by atoms with van der Waals surface area (Å²) < 4.78 is 85.5. The molecule has 2 atom stereocenters. The van der Waals surface area contributed by atoms with E-state index in [0.717, 1.165) is 25.6 Å². The van der Waals surface area contributed by atoms with Gasteiger partial charge in [0.05, 0.1) is 16.9 Å². The maximum absolute atomic E-state index is 14.8. The Morgan fingerprint density at radius 3 is 2.60 bits per heavy atom. The molecule has 3 heterocycles. The summed E-state index contributed by atoms with van der Waals surface area (Å²) in [5.74, 6) is -1.86. The Hall–Kier alpha value is -4.04. The largest absolute Gasteiger partial charge is 0.437 e. The Bertz CT molecular complexity index is 1720. The van der Waals surface area contributed by atoms with E-state index in [-0.39, 0.29) is 28.4 Å². The Morgan fingerprint density at radius 2 is 1.83 bits per heavy atom. The predicted octanol–water partition coefficient (Wildman–Crippen LogP) is 5.65. The Kier molecular flexibility index (Phi) is 8.19. The minimum absolute atomic E-state index is 0.0164. The number of ether oxygens (including phenoxy) is 1. The van der Waals surface area contributed by atoms with Crippen LogP contribution in [-0.4, -0.2) is 54.4 Å². The summed E-state index contributed by atoms with van der Waals surface area (Å²) in [6.07, 6.45) is -0.899. The average Bonchev–Trinajstić information content (AvgIpc) is 2.91. The van der Waals surface area contributed by atoms with Crippen LogP contribution in [0.1, 0.15) is 18.9 Å². The Labute approximate surface area is 239 Å². The number of nitrogens with one attached hydrogen (secondary N) is 3. The number of hydrogen-bond donors (Lipinski definition) is 3. The van der Waals surface area contributed by atoms with Crippen molar-refractivity contribution in [2.24, 2.45) is 5.92 Å². The lowest BCUT2D eigenvalue weighted by Crippen LogP contribution is -2.42. The van der Waals surface area contributed by atoms with Crippen LogP contribution >= 0.6 is 0 Å². The second-order valence-corrected chi connectivity index (χ2v) is 12.0. The average molecular weight is 605 g/mol. The predicted molar refractivity (Wildman–Crippen MR) is 152 cm³/mol. The third kappa shape index (κ3) is 6.87. The molecule has 42 heavy (non-hydrogen) atoms. The van der Waals surface area contributed by atoms with Crippen molar-refractivity contribution in [3.63, 3.8) is 0 Å². The minimum atomic E-state index is -5.00. The molecule has 2 aromatic carbocycles. The lowest BCUT2D eigenvalue weighted by Gasteiger charge is -2.28. The number of halogens is 4. The van der Waals surface area contributed by atoms with Crippen LogP contribution in [0.5, 0.6) is 11.6 Å². The number of pyridine rings is 1. The molecular weight excluding hydrogens is 576 g/mol. The summed E-state index contributed by atoms with van der Waals surface area (Å²) in [6, 6.07) is 10.6. The number of fused-ring (bicyclic) bond motifs is 1. The van der Waals surface area contributed by atoms with Gasteiger partial charge in [0.2, 0.25) is 21.9 Å². The highest BCUT2D eigenvalue weighted by Gasteiger charge is 2.36. The monoisotopic (exact) mass is 604 g/mol. The maximum Gasteiger partial charge on any atom is 0.404 e. The smallest absolute Gasteiger partial charge is 0.404 e. The van der Waals surface area contributed by atoms with Gasteiger partial charge in [-0.15, -0.1) is 0 Å². The number of rotatable bonds is 8. The quantitative estimate of drug-likeness (QED) is 0.221. The van der Waals surface area contributed by atoms with E-state index in [9.17, 15) is 26.0 Å². The van der Waals surface area contributed by atoms with Gasteiger partial charge in [0.1, 0.15) is 11.6 Å². The fourth-order valence-corrected chi connectivity index (χ4v) is 5.92. The molecule has 5 rings (SSSR count). The first kappa shape index (κ1) is 29.5. The third-order valence-corrected chi connectivity index (χ3v) is 7.94. The van der Waals surface area contributed by atoms with Crippen molar-refractivity contribution >= 4 is 32.4 Å². The summed E-state index contributed by atoms with van der Waals surface area (Å²) >= 11 is 0. The molecule has 0 bridgehead atoms. The lowest BCUT2D eigenvalue weighted by atomic mass is 9.98. The van der Waals surface area contributed by atoms with Gasteiger partial charge in [-0.25, -0.2) is 27.8 Å². The lowest BCUT2D eigenvalue weighted by molar-refractivity contribution is -0.106. The first-order valence-corrected chi connectivity index (χ1v) is 14.8. The van der Waals surface area contributed by atoms with Crippen LogP contribution in [0.4, 0.5) is 29.2 Å². The van der Waals surface area contributed by atoms with Crippen molar-refractivity contribution < 1.29 is 30.7 Å². The van der Waals surface area contributed by atoms with Crippen LogP contribution in [0.15, 0.2) is 54.9 Å². The number of sulfonamides is 1. The van der Waals surface area contributed by atoms with Crippen LogP contribution < -0.4 is 20.1 Å². The van der Waals surface area contributed by atoms with E-state index in [1.54, 1.807) is 42.1 Å². The zero-order chi connectivity index (χ0) is 30.1. The van der Waals surface area contributed by atoms with E-state index in [4.69, 9.17) is 4.74 Å². The number of benzene rings is 2. The number of alkyl halides is 3. The summed E-state index contributed by atoms with van der Waals surface area (Å²) in [6.45, 7) is 5.63. The fraction of sp³-hybridized carbons (Fsp3) is 0.321. The highest BCUT2D eigenvalue weighted by molar-refractivity contribution is 7.92. The van der Waals surface area contributed by atoms with E-state index < -0.39 is 33.5 Å². The molecule has 1 aliphatic rings. The molecule has 0 aliphatic carbocycles. The molecule has 1 saturated heterocycles. The van der Waals surface area contributed by atoms with Gasteiger partial charge in [0, 0.05) is 35.8 Å². The Morgan fingerprint density at radius 1 is 1.05 bits per heavy atom. The van der Waals surface area contributed by atoms with Crippen LogP contribution in [0, 0.1) is 18.7 Å². The van der Waals surface area contributed by atoms with Crippen molar-refractivity contribution in [1.82, 2.24) is 20.3 Å². The molecule has 0 amide bonds. The van der Waals surface area contributed by atoms with Crippen molar-refractivity contribution in [2.75, 3.05) is 28.9 Å². The molecule has 1 aliphatic heterocycles. The fourth-order valence-electron chi connectivity index (χ4n) is 4.90. The summed E-state index contributed by atoms with van der Waals surface area (Å²) in [5.41, 5.74) is 1.04. The summed E-state index contributed by atoms with van der Waals surface area (Å²) in [5, 5.41) is 7.02. The molecule has 222 valence electrons. The van der Waals surface area contributed by atoms with Crippen LogP contribution in [0.3, 0.4) is 0 Å². The normalized spacial score (nSPS) is 17.7. The van der Waals surface area contributed by atoms with Crippen LogP contribution in [-0.2, 0) is 10.0 Å². The molecular formula is C28H28F4N6O3S. The molecule has 9 nitrogen and oxygen atoms in total. The van der Waals surface area contributed by atoms with Crippen LogP contribution in [0.2, 0.25) is 0 Å². The van der Waals surface area contributed by atoms with Gasteiger partial charge in [-0.2, -0.15) is 13.2 Å². The molecule has 0 spiro atoms. The minimum Gasteiger partial charge on any atom is -0.437 e. The van der Waals surface area contributed by atoms with E-state index in [0.29, 0.717) is 28.7 Å². The second-order valence-electron chi connectivity index (χ2n) is 10.3. The second kappa shape index (κ2) is 11.7. The van der Waals surface area contributed by atoms with Gasteiger partial charge in [-0.1, -0.05) is 19.1 Å². The van der Waals surface area contributed by atoms with E-state index in [1.807, 2.05) is 0 Å². The standard InChI is InChI=1S/C28H28F4N6O3S/c1-16-12-18(14-33-13-16)36-27-35-11-9-23(37-27)21-4-3-10-34-26(21)41-25-17(2)5-6-19-20(25)7-8-22(29)24(19)38-42(39,40)15-28(30,31)32/h3-11,16,18,33,38H,12-15H2,1-2H3,(H,35,36,37)/t16-,18+/m1/s1. The zero-order valence-corrected chi connectivity index (χ0v) is 23.5. The highest BCUT2D eigenvalue weighted by atomic mass is 32.2. The van der Waals surface area contributed by atoms with Gasteiger partial charge >= 0.3 is 6.18 Å². The third-order valence-electron chi connectivity index (χ3n) is 6.71. The molecule has 2 aromatic heterocycles. The van der Waals surface area contributed by atoms with E-state index >= 15 is 0 Å². The van der Waals surface area contributed by atoms with Crippen molar-refractivity contribution in [3.05, 3.63) is 66.2 Å².